The first kappa shape index (κ1) is 14.4. The van der Waals surface area contributed by atoms with Crippen LogP contribution in [0.1, 0.15) is 51.9 Å². The molecule has 1 saturated carbocycles. The Labute approximate surface area is 116 Å². The van der Waals surface area contributed by atoms with Gasteiger partial charge in [0.15, 0.2) is 0 Å². The average molecular weight is 264 g/mol. The number of halogens is 1. The van der Waals surface area contributed by atoms with Gasteiger partial charge in [0.1, 0.15) is 11.6 Å². The van der Waals surface area contributed by atoms with E-state index in [-0.39, 0.29) is 5.82 Å². The second kappa shape index (κ2) is 7.52. The third-order valence-corrected chi connectivity index (χ3v) is 4.38. The highest BCUT2D eigenvalue weighted by atomic mass is 19.1. The van der Waals surface area contributed by atoms with Gasteiger partial charge in [-0.15, -0.1) is 0 Å². The summed E-state index contributed by atoms with van der Waals surface area (Å²) in [6.45, 7) is 3.06. The van der Waals surface area contributed by atoms with Crippen molar-refractivity contribution in [3.8, 4) is 5.75 Å². The fourth-order valence-corrected chi connectivity index (χ4v) is 3.02. The van der Waals surface area contributed by atoms with E-state index < -0.39 is 0 Å². The molecule has 0 aromatic heterocycles. The molecule has 2 heteroatoms. The van der Waals surface area contributed by atoms with Crippen LogP contribution in [0.2, 0.25) is 0 Å². The highest BCUT2D eigenvalue weighted by molar-refractivity contribution is 5.21. The van der Waals surface area contributed by atoms with Gasteiger partial charge in [0, 0.05) is 0 Å². The molecule has 106 valence electrons. The van der Waals surface area contributed by atoms with Gasteiger partial charge in [-0.3, -0.25) is 0 Å². The molecule has 2 rings (SSSR count). The minimum absolute atomic E-state index is 0.208. The summed E-state index contributed by atoms with van der Waals surface area (Å²) in [6, 6.07) is 6.28. The third kappa shape index (κ3) is 4.85. The van der Waals surface area contributed by atoms with E-state index in [1.807, 2.05) is 0 Å². The number of hydrogen-bond donors (Lipinski definition) is 0. The maximum absolute atomic E-state index is 12.7. The Bertz CT molecular complexity index is 352. The summed E-state index contributed by atoms with van der Waals surface area (Å²) in [4.78, 5) is 0. The van der Waals surface area contributed by atoms with Crippen molar-refractivity contribution in [2.45, 2.75) is 51.9 Å². The Morgan fingerprint density at radius 2 is 1.68 bits per heavy atom. The number of hydrogen-bond acceptors (Lipinski definition) is 1. The Hall–Kier alpha value is -1.05. The SMILES string of the molecule is CC[C@H]1CC[C@H](CCCOc2ccc(F)cc2)CC1. The van der Waals surface area contributed by atoms with Gasteiger partial charge < -0.3 is 4.74 Å². The lowest BCUT2D eigenvalue weighted by Gasteiger charge is -2.27. The first-order valence-corrected chi connectivity index (χ1v) is 7.66. The minimum atomic E-state index is -0.208. The van der Waals surface area contributed by atoms with Crippen LogP contribution in [0.3, 0.4) is 0 Å². The van der Waals surface area contributed by atoms with Gasteiger partial charge >= 0.3 is 0 Å². The van der Waals surface area contributed by atoms with Crippen molar-refractivity contribution in [2.24, 2.45) is 11.8 Å². The molecule has 0 saturated heterocycles. The molecule has 1 aliphatic rings. The zero-order chi connectivity index (χ0) is 13.5. The lowest BCUT2D eigenvalue weighted by Crippen LogP contribution is -2.14. The van der Waals surface area contributed by atoms with Gasteiger partial charge in [0.2, 0.25) is 0 Å². The van der Waals surface area contributed by atoms with Crippen LogP contribution in [0, 0.1) is 17.7 Å². The minimum Gasteiger partial charge on any atom is -0.494 e. The molecule has 0 heterocycles. The van der Waals surface area contributed by atoms with Crippen LogP contribution in [0.15, 0.2) is 24.3 Å². The van der Waals surface area contributed by atoms with E-state index in [0.29, 0.717) is 0 Å². The third-order valence-electron chi connectivity index (χ3n) is 4.38. The van der Waals surface area contributed by atoms with E-state index in [4.69, 9.17) is 4.74 Å². The average Bonchev–Trinajstić information content (AvgIpc) is 2.46. The maximum Gasteiger partial charge on any atom is 0.123 e. The van der Waals surface area contributed by atoms with Crippen molar-refractivity contribution in [1.82, 2.24) is 0 Å². The zero-order valence-electron chi connectivity index (χ0n) is 11.9. The summed E-state index contributed by atoms with van der Waals surface area (Å²) in [5.41, 5.74) is 0. The predicted molar refractivity (Wildman–Crippen MR) is 76.9 cm³/mol. The molecule has 0 aliphatic heterocycles. The Morgan fingerprint density at radius 1 is 1.05 bits per heavy atom. The molecule has 1 aromatic rings. The van der Waals surface area contributed by atoms with Crippen molar-refractivity contribution < 1.29 is 9.13 Å². The number of benzene rings is 1. The first-order valence-electron chi connectivity index (χ1n) is 7.66. The van der Waals surface area contributed by atoms with Crippen LogP contribution < -0.4 is 4.74 Å². The van der Waals surface area contributed by atoms with E-state index in [0.717, 1.165) is 30.6 Å². The van der Waals surface area contributed by atoms with E-state index in [1.54, 1.807) is 12.1 Å². The standard InChI is InChI=1S/C17H25FO/c1-2-14-5-7-15(8-6-14)4-3-13-19-17-11-9-16(18)10-12-17/h9-12,14-15H,2-8,13H2,1H3/t14-,15-. The molecule has 0 atom stereocenters. The van der Waals surface area contributed by atoms with Crippen LogP contribution in [0.4, 0.5) is 4.39 Å². The van der Waals surface area contributed by atoms with Gasteiger partial charge in [0.05, 0.1) is 6.61 Å². The molecule has 0 bridgehead atoms. The van der Waals surface area contributed by atoms with Crippen LogP contribution in [-0.4, -0.2) is 6.61 Å². The van der Waals surface area contributed by atoms with Gasteiger partial charge in [-0.05, 0) is 48.9 Å². The van der Waals surface area contributed by atoms with E-state index >= 15 is 0 Å². The van der Waals surface area contributed by atoms with Crippen molar-refractivity contribution in [3.05, 3.63) is 30.1 Å². The van der Waals surface area contributed by atoms with Crippen molar-refractivity contribution >= 4 is 0 Å². The summed E-state index contributed by atoms with van der Waals surface area (Å²) < 4.78 is 18.4. The van der Waals surface area contributed by atoms with Gasteiger partial charge in [0.25, 0.3) is 0 Å². The summed E-state index contributed by atoms with van der Waals surface area (Å²) in [5.74, 6) is 2.45. The maximum atomic E-state index is 12.7. The molecular formula is C17H25FO. The highest BCUT2D eigenvalue weighted by Crippen LogP contribution is 2.32. The fraction of sp³-hybridized carbons (Fsp3) is 0.647. The largest absolute Gasteiger partial charge is 0.494 e. The van der Waals surface area contributed by atoms with Gasteiger partial charge in [-0.25, -0.2) is 4.39 Å². The monoisotopic (exact) mass is 264 g/mol. The van der Waals surface area contributed by atoms with Crippen molar-refractivity contribution in [3.63, 3.8) is 0 Å². The van der Waals surface area contributed by atoms with Gasteiger partial charge in [-0.1, -0.05) is 39.0 Å². The first-order chi connectivity index (χ1) is 9.28. The molecule has 0 radical (unpaired) electrons. The Balaban J connectivity index is 1.58. The molecular weight excluding hydrogens is 239 g/mol. The Kier molecular flexibility index (Phi) is 5.68. The predicted octanol–water partition coefficient (Wildman–Crippen LogP) is 5.20. The summed E-state index contributed by atoms with van der Waals surface area (Å²) in [7, 11) is 0. The molecule has 1 aromatic carbocycles. The number of rotatable bonds is 6. The second-order valence-electron chi connectivity index (χ2n) is 5.74. The summed E-state index contributed by atoms with van der Waals surface area (Å²) in [6.07, 6.45) is 9.36. The molecule has 0 spiro atoms. The summed E-state index contributed by atoms with van der Waals surface area (Å²) in [5, 5.41) is 0. The molecule has 0 unspecified atom stereocenters. The Morgan fingerprint density at radius 3 is 2.32 bits per heavy atom. The molecule has 1 fully saturated rings. The second-order valence-corrected chi connectivity index (χ2v) is 5.74. The van der Waals surface area contributed by atoms with Crippen molar-refractivity contribution in [2.75, 3.05) is 6.61 Å². The topological polar surface area (TPSA) is 9.23 Å². The smallest absolute Gasteiger partial charge is 0.123 e. The number of ether oxygens (including phenoxy) is 1. The normalized spacial score (nSPS) is 23.3. The lowest BCUT2D eigenvalue weighted by atomic mass is 9.79. The quantitative estimate of drug-likeness (QED) is 0.641. The summed E-state index contributed by atoms with van der Waals surface area (Å²) >= 11 is 0. The van der Waals surface area contributed by atoms with Crippen molar-refractivity contribution in [1.29, 1.82) is 0 Å². The molecule has 1 nitrogen and oxygen atoms in total. The zero-order valence-corrected chi connectivity index (χ0v) is 11.9. The van der Waals surface area contributed by atoms with E-state index in [1.165, 1.54) is 50.7 Å². The molecule has 19 heavy (non-hydrogen) atoms. The van der Waals surface area contributed by atoms with Gasteiger partial charge in [-0.2, -0.15) is 0 Å². The fourth-order valence-electron chi connectivity index (χ4n) is 3.02. The molecule has 0 N–H and O–H groups in total. The highest BCUT2D eigenvalue weighted by Gasteiger charge is 2.19. The van der Waals surface area contributed by atoms with Crippen LogP contribution in [0.5, 0.6) is 5.75 Å². The van der Waals surface area contributed by atoms with E-state index in [2.05, 4.69) is 6.92 Å². The van der Waals surface area contributed by atoms with Crippen LogP contribution in [-0.2, 0) is 0 Å². The molecule has 0 amide bonds. The molecule has 1 aliphatic carbocycles. The van der Waals surface area contributed by atoms with Crippen LogP contribution in [0.25, 0.3) is 0 Å². The lowest BCUT2D eigenvalue weighted by molar-refractivity contribution is 0.234. The van der Waals surface area contributed by atoms with E-state index in [9.17, 15) is 4.39 Å². The van der Waals surface area contributed by atoms with Crippen LogP contribution >= 0.6 is 0 Å².